The number of nitro groups is 1. The van der Waals surface area contributed by atoms with E-state index in [1.165, 1.54) is 0 Å². The van der Waals surface area contributed by atoms with E-state index in [4.69, 9.17) is 10.2 Å². The molecule has 0 saturated heterocycles. The summed E-state index contributed by atoms with van der Waals surface area (Å²) in [5, 5.41) is 28.0. The smallest absolute Gasteiger partial charge is 0.416 e. The predicted molar refractivity (Wildman–Crippen MR) is 61.2 cm³/mol. The summed E-state index contributed by atoms with van der Waals surface area (Å²) >= 11 is 0. The number of carboxylic acids is 2. The van der Waals surface area contributed by atoms with Crippen LogP contribution in [0.2, 0.25) is 0 Å². The largest absolute Gasteiger partial charge is 0.480 e. The first-order chi connectivity index (χ1) is 9.96. The molecule has 1 aromatic rings. The zero-order chi connectivity index (χ0) is 17.2. The van der Waals surface area contributed by atoms with E-state index in [0.29, 0.717) is 12.1 Å². The molecule has 118 valence electrons. The summed E-state index contributed by atoms with van der Waals surface area (Å²) in [5.41, 5.74) is -3.79. The number of benzene rings is 1. The molecule has 0 atom stereocenters. The maximum Gasteiger partial charge on any atom is 0.416 e. The average Bonchev–Trinajstić information content (AvgIpc) is 2.35. The van der Waals surface area contributed by atoms with E-state index in [1.54, 1.807) is 0 Å². The van der Waals surface area contributed by atoms with E-state index in [9.17, 15) is 37.7 Å². The number of Topliss-reactive ketones (excluding diaryl/α,β-unsaturated/α-hetero) is 1. The molecule has 1 rings (SSSR count). The van der Waals surface area contributed by atoms with Crippen molar-refractivity contribution in [2.24, 2.45) is 5.92 Å². The molecular formula is C11H6F3NO7. The number of carbonyl (C=O) groups is 3. The second-order valence-electron chi connectivity index (χ2n) is 3.96. The van der Waals surface area contributed by atoms with Crippen LogP contribution in [0.15, 0.2) is 18.2 Å². The lowest BCUT2D eigenvalue weighted by Crippen LogP contribution is -2.32. The molecule has 1 aromatic carbocycles. The monoisotopic (exact) mass is 321 g/mol. The van der Waals surface area contributed by atoms with E-state index in [1.807, 2.05) is 0 Å². The Morgan fingerprint density at radius 3 is 2.00 bits per heavy atom. The Kier molecular flexibility index (Phi) is 4.49. The van der Waals surface area contributed by atoms with Crippen molar-refractivity contribution in [3.8, 4) is 0 Å². The van der Waals surface area contributed by atoms with E-state index < -0.39 is 51.6 Å². The minimum atomic E-state index is -4.93. The van der Waals surface area contributed by atoms with Crippen LogP contribution in [-0.4, -0.2) is 32.9 Å². The van der Waals surface area contributed by atoms with Crippen LogP contribution < -0.4 is 0 Å². The van der Waals surface area contributed by atoms with Crippen LogP contribution in [0.4, 0.5) is 18.9 Å². The Balaban J connectivity index is 3.47. The molecule has 22 heavy (non-hydrogen) atoms. The van der Waals surface area contributed by atoms with Gasteiger partial charge in [-0.1, -0.05) is 0 Å². The Hall–Kier alpha value is -2.98. The third-order valence-electron chi connectivity index (χ3n) is 2.54. The molecule has 0 bridgehead atoms. The number of carboxylic acid groups (broad SMARTS) is 2. The van der Waals surface area contributed by atoms with E-state index in [2.05, 4.69) is 0 Å². The van der Waals surface area contributed by atoms with Crippen molar-refractivity contribution in [3.63, 3.8) is 0 Å². The second kappa shape index (κ2) is 5.79. The zero-order valence-corrected chi connectivity index (χ0v) is 10.3. The number of nitrogens with zero attached hydrogens (tertiary/aromatic N) is 1. The third kappa shape index (κ3) is 3.37. The molecule has 0 aliphatic carbocycles. The fourth-order valence-corrected chi connectivity index (χ4v) is 1.55. The number of hydrogen-bond donors (Lipinski definition) is 2. The lowest BCUT2D eigenvalue weighted by molar-refractivity contribution is -0.385. The molecular weight excluding hydrogens is 315 g/mol. The molecule has 0 radical (unpaired) electrons. The summed E-state index contributed by atoms with van der Waals surface area (Å²) in [6.45, 7) is 0. The minimum absolute atomic E-state index is 0.0357. The first-order valence-corrected chi connectivity index (χ1v) is 5.32. The van der Waals surface area contributed by atoms with Gasteiger partial charge in [0.1, 0.15) is 0 Å². The standard InChI is InChI=1S/C11H6F3NO7/c12-11(13,14)4-1-2-5(6(3-4)15(21)22)8(16)7(9(17)18)10(19)20/h1-3,7H,(H,17,18)(H,19,20). The van der Waals surface area contributed by atoms with Crippen molar-refractivity contribution in [3.05, 3.63) is 39.4 Å². The van der Waals surface area contributed by atoms with Gasteiger partial charge in [-0.05, 0) is 12.1 Å². The van der Waals surface area contributed by atoms with Crippen LogP contribution in [0.25, 0.3) is 0 Å². The van der Waals surface area contributed by atoms with Gasteiger partial charge < -0.3 is 10.2 Å². The summed E-state index contributed by atoms with van der Waals surface area (Å²) in [4.78, 5) is 42.6. The van der Waals surface area contributed by atoms with Gasteiger partial charge in [-0.2, -0.15) is 13.2 Å². The summed E-state index contributed by atoms with van der Waals surface area (Å²) in [5.74, 6) is -8.53. The molecule has 11 heteroatoms. The second-order valence-corrected chi connectivity index (χ2v) is 3.96. The predicted octanol–water partition coefficient (Wildman–Crippen LogP) is 1.58. The van der Waals surface area contributed by atoms with Gasteiger partial charge in [0.25, 0.3) is 5.69 Å². The van der Waals surface area contributed by atoms with Crippen molar-refractivity contribution in [2.75, 3.05) is 0 Å². The summed E-state index contributed by atoms with van der Waals surface area (Å²) < 4.78 is 37.5. The Morgan fingerprint density at radius 1 is 1.14 bits per heavy atom. The number of halogens is 3. The van der Waals surface area contributed by atoms with Gasteiger partial charge in [0.2, 0.25) is 5.92 Å². The van der Waals surface area contributed by atoms with Gasteiger partial charge in [-0.3, -0.25) is 24.5 Å². The molecule has 0 amide bonds. The molecule has 0 saturated carbocycles. The maximum absolute atomic E-state index is 12.5. The van der Waals surface area contributed by atoms with Crippen molar-refractivity contribution >= 4 is 23.4 Å². The lowest BCUT2D eigenvalue weighted by atomic mass is 9.95. The highest BCUT2D eigenvalue weighted by molar-refractivity contribution is 6.21. The fraction of sp³-hybridized carbons (Fsp3) is 0.182. The third-order valence-corrected chi connectivity index (χ3v) is 2.54. The number of ketones is 1. The lowest BCUT2D eigenvalue weighted by Gasteiger charge is -2.10. The number of rotatable bonds is 5. The van der Waals surface area contributed by atoms with Gasteiger partial charge in [0.15, 0.2) is 5.78 Å². The fourth-order valence-electron chi connectivity index (χ4n) is 1.55. The maximum atomic E-state index is 12.5. The summed E-state index contributed by atoms with van der Waals surface area (Å²) in [7, 11) is 0. The van der Waals surface area contributed by atoms with E-state index in [0.717, 1.165) is 0 Å². The molecule has 0 heterocycles. The minimum Gasteiger partial charge on any atom is -0.480 e. The number of hydrogen-bond acceptors (Lipinski definition) is 5. The van der Waals surface area contributed by atoms with Gasteiger partial charge in [0.05, 0.1) is 16.1 Å². The number of alkyl halides is 3. The molecule has 0 unspecified atom stereocenters. The van der Waals surface area contributed by atoms with Crippen molar-refractivity contribution in [1.82, 2.24) is 0 Å². The zero-order valence-electron chi connectivity index (χ0n) is 10.3. The van der Waals surface area contributed by atoms with Gasteiger partial charge in [0, 0.05) is 6.07 Å². The molecule has 0 fully saturated rings. The van der Waals surface area contributed by atoms with Crippen molar-refractivity contribution in [2.45, 2.75) is 6.18 Å². The normalized spacial score (nSPS) is 11.3. The molecule has 0 aliphatic heterocycles. The number of nitro benzene ring substituents is 1. The molecule has 0 aliphatic rings. The van der Waals surface area contributed by atoms with E-state index in [-0.39, 0.29) is 6.07 Å². The van der Waals surface area contributed by atoms with Gasteiger partial charge in [-0.25, -0.2) is 0 Å². The molecule has 8 nitrogen and oxygen atoms in total. The van der Waals surface area contributed by atoms with Crippen molar-refractivity contribution < 1.29 is 42.7 Å². The highest BCUT2D eigenvalue weighted by atomic mass is 19.4. The Labute approximate surface area is 118 Å². The van der Waals surface area contributed by atoms with Crippen LogP contribution >= 0.6 is 0 Å². The number of carbonyl (C=O) groups excluding carboxylic acids is 1. The molecule has 2 N–H and O–H groups in total. The van der Waals surface area contributed by atoms with Crippen LogP contribution in [0.5, 0.6) is 0 Å². The van der Waals surface area contributed by atoms with Crippen LogP contribution in [0, 0.1) is 16.0 Å². The first kappa shape index (κ1) is 17.1. The van der Waals surface area contributed by atoms with Crippen LogP contribution in [-0.2, 0) is 15.8 Å². The summed E-state index contributed by atoms with van der Waals surface area (Å²) in [6.07, 6.45) is -4.93. The SMILES string of the molecule is O=C(O)C(C(=O)O)C(=O)c1ccc(C(F)(F)F)cc1[N+](=O)[O-]. The van der Waals surface area contributed by atoms with E-state index >= 15 is 0 Å². The van der Waals surface area contributed by atoms with Gasteiger partial charge >= 0.3 is 18.1 Å². The topological polar surface area (TPSA) is 135 Å². The highest BCUT2D eigenvalue weighted by Crippen LogP contribution is 2.33. The van der Waals surface area contributed by atoms with Crippen molar-refractivity contribution in [1.29, 1.82) is 0 Å². The number of aliphatic carboxylic acids is 2. The first-order valence-electron chi connectivity index (χ1n) is 5.32. The Morgan fingerprint density at radius 2 is 1.64 bits per heavy atom. The average molecular weight is 321 g/mol. The highest BCUT2D eigenvalue weighted by Gasteiger charge is 2.39. The molecule has 0 spiro atoms. The Bertz CT molecular complexity index is 654. The molecule has 0 aromatic heterocycles. The van der Waals surface area contributed by atoms with Crippen LogP contribution in [0.3, 0.4) is 0 Å². The van der Waals surface area contributed by atoms with Crippen LogP contribution in [0.1, 0.15) is 15.9 Å². The quantitative estimate of drug-likeness (QED) is 0.364. The summed E-state index contributed by atoms with van der Waals surface area (Å²) in [6, 6.07) is 0.733. The van der Waals surface area contributed by atoms with Gasteiger partial charge in [-0.15, -0.1) is 0 Å².